The second-order valence-electron chi connectivity index (χ2n) is 10.6. The Kier molecular flexibility index (Phi) is 10.9. The molecule has 4 aromatic carbocycles. The van der Waals surface area contributed by atoms with Gasteiger partial charge < -0.3 is 20.7 Å². The van der Waals surface area contributed by atoms with Crippen LogP contribution in [0.1, 0.15) is 28.5 Å². The molecule has 11 heteroatoms. The van der Waals surface area contributed by atoms with Crippen molar-refractivity contribution in [2.24, 2.45) is 7.05 Å². The minimum absolute atomic E-state index is 0.0343. The lowest BCUT2D eigenvalue weighted by molar-refractivity contribution is -0.114. The normalized spacial score (nSPS) is 11.1. The van der Waals surface area contributed by atoms with E-state index in [9.17, 15) is 19.2 Å². The zero-order chi connectivity index (χ0) is 34.0. The van der Waals surface area contributed by atoms with Gasteiger partial charge in [-0.05, 0) is 80.1 Å². The molecular formula is C37H35N5O5S. The molecular weight excluding hydrogens is 627 g/mol. The van der Waals surface area contributed by atoms with Gasteiger partial charge in [0.1, 0.15) is 17.1 Å². The molecule has 244 valence electrons. The highest BCUT2D eigenvalue weighted by atomic mass is 32.2. The summed E-state index contributed by atoms with van der Waals surface area (Å²) in [6.07, 6.45) is 1.59. The molecule has 3 N–H and O–H groups in total. The molecule has 0 aliphatic carbocycles. The van der Waals surface area contributed by atoms with Crippen molar-refractivity contribution in [1.29, 1.82) is 0 Å². The summed E-state index contributed by atoms with van der Waals surface area (Å²) < 4.78 is 8.72. The predicted octanol–water partition coefficient (Wildman–Crippen LogP) is 6.02. The molecule has 0 radical (unpaired) electrons. The van der Waals surface area contributed by atoms with Crippen LogP contribution in [0.2, 0.25) is 0 Å². The zero-order valence-corrected chi connectivity index (χ0v) is 27.5. The van der Waals surface area contributed by atoms with Gasteiger partial charge in [-0.2, -0.15) is 0 Å². The van der Waals surface area contributed by atoms with E-state index >= 15 is 0 Å². The number of carbonyl (C=O) groups excluding carboxylic acids is 3. The first kappa shape index (κ1) is 33.6. The van der Waals surface area contributed by atoms with E-state index in [-0.39, 0.29) is 28.6 Å². The number of hydrogen-bond donors (Lipinski definition) is 3. The highest BCUT2D eigenvalue weighted by molar-refractivity contribution is 8.00. The van der Waals surface area contributed by atoms with Gasteiger partial charge in [0.15, 0.2) is 0 Å². The Labute approximate surface area is 282 Å². The lowest BCUT2D eigenvalue weighted by Gasteiger charge is -2.12. The van der Waals surface area contributed by atoms with Crippen LogP contribution in [-0.4, -0.2) is 39.4 Å². The molecule has 0 spiro atoms. The number of nitrogens with zero attached hydrogens (tertiary/aromatic N) is 2. The minimum atomic E-state index is -0.526. The quantitative estimate of drug-likeness (QED) is 0.111. The Hall–Kier alpha value is -5.81. The summed E-state index contributed by atoms with van der Waals surface area (Å²) >= 11 is 1.26. The van der Waals surface area contributed by atoms with E-state index in [4.69, 9.17) is 4.74 Å². The molecule has 5 aromatic rings. The molecule has 0 aliphatic heterocycles. The van der Waals surface area contributed by atoms with Crippen LogP contribution >= 0.6 is 11.8 Å². The van der Waals surface area contributed by atoms with E-state index in [1.165, 1.54) is 16.4 Å². The monoisotopic (exact) mass is 661 g/mol. The number of para-hydroxylation sites is 1. The van der Waals surface area contributed by atoms with Crippen molar-refractivity contribution in [2.75, 3.05) is 23.0 Å². The van der Waals surface area contributed by atoms with Gasteiger partial charge >= 0.3 is 0 Å². The van der Waals surface area contributed by atoms with E-state index in [1.807, 2.05) is 43.3 Å². The van der Waals surface area contributed by atoms with Gasteiger partial charge in [0, 0.05) is 23.2 Å². The average molecular weight is 662 g/mol. The van der Waals surface area contributed by atoms with E-state index in [1.54, 1.807) is 97.5 Å². The summed E-state index contributed by atoms with van der Waals surface area (Å²) in [5.41, 5.74) is 2.83. The summed E-state index contributed by atoms with van der Waals surface area (Å²) in [4.78, 5) is 53.3. The summed E-state index contributed by atoms with van der Waals surface area (Å²) in [5, 5.41) is 8.35. The average Bonchev–Trinajstić information content (AvgIpc) is 3.31. The number of anilines is 2. The standard InChI is InChI=1S/C37H35N5O5S/c1-4-47-30-20-18-26(19-21-30)22-32(39-35(44)27-12-7-5-8-13-27)36(45)38-28-14-11-17-31(23-28)48-24-33(43)40-34-25(2)41(3)42(37(34)46)29-15-9-6-10-16-29/h5-23H,4,24H2,1-3H3,(H,38,45)(H,39,44)(H,40,43)/b32-22+. The van der Waals surface area contributed by atoms with Crippen molar-refractivity contribution in [1.82, 2.24) is 14.7 Å². The SMILES string of the molecule is CCOc1ccc(/C=C(/NC(=O)c2ccccc2)C(=O)Nc2cccc(SCC(=O)Nc3c(C)n(C)n(-c4ccccc4)c3=O)c2)cc1. The van der Waals surface area contributed by atoms with Crippen molar-refractivity contribution in [3.63, 3.8) is 0 Å². The van der Waals surface area contributed by atoms with Gasteiger partial charge in [0.2, 0.25) is 5.91 Å². The molecule has 0 aliphatic rings. The Morgan fingerprint density at radius 2 is 1.54 bits per heavy atom. The smallest absolute Gasteiger partial charge is 0.295 e. The van der Waals surface area contributed by atoms with Crippen molar-refractivity contribution >= 4 is 46.9 Å². The summed E-state index contributed by atoms with van der Waals surface area (Å²) in [7, 11) is 1.76. The van der Waals surface area contributed by atoms with Crippen LogP contribution in [0.5, 0.6) is 5.75 Å². The first-order chi connectivity index (χ1) is 23.2. The third-order valence-corrected chi connectivity index (χ3v) is 8.31. The van der Waals surface area contributed by atoms with Gasteiger partial charge in [-0.1, -0.05) is 54.6 Å². The number of carbonyl (C=O) groups is 3. The minimum Gasteiger partial charge on any atom is -0.494 e. The van der Waals surface area contributed by atoms with Crippen LogP contribution in [0.15, 0.2) is 125 Å². The third kappa shape index (κ3) is 8.31. The van der Waals surface area contributed by atoms with Gasteiger partial charge in [0.05, 0.1) is 23.7 Å². The number of rotatable bonds is 12. The molecule has 0 saturated heterocycles. The number of ether oxygens (including phenoxy) is 1. The molecule has 48 heavy (non-hydrogen) atoms. The van der Waals surface area contributed by atoms with Crippen molar-refractivity contribution in [3.8, 4) is 11.4 Å². The second kappa shape index (κ2) is 15.7. The van der Waals surface area contributed by atoms with Gasteiger partial charge in [-0.3, -0.25) is 23.9 Å². The van der Waals surface area contributed by atoms with E-state index < -0.39 is 11.8 Å². The molecule has 10 nitrogen and oxygen atoms in total. The van der Waals surface area contributed by atoms with Gasteiger partial charge in [-0.25, -0.2) is 4.68 Å². The molecule has 1 aromatic heterocycles. The summed E-state index contributed by atoms with van der Waals surface area (Å²) in [5.74, 6) is -0.568. The maximum atomic E-state index is 13.5. The Morgan fingerprint density at radius 3 is 2.23 bits per heavy atom. The van der Waals surface area contributed by atoms with Crippen LogP contribution in [0, 0.1) is 6.92 Å². The van der Waals surface area contributed by atoms with Crippen molar-refractivity contribution in [2.45, 2.75) is 18.7 Å². The largest absolute Gasteiger partial charge is 0.494 e. The van der Waals surface area contributed by atoms with Gasteiger partial charge in [0.25, 0.3) is 17.4 Å². The third-order valence-electron chi connectivity index (χ3n) is 7.31. The number of thioether (sulfide) groups is 1. The zero-order valence-electron chi connectivity index (χ0n) is 26.7. The lowest BCUT2D eigenvalue weighted by Crippen LogP contribution is -2.30. The first-order valence-electron chi connectivity index (χ1n) is 15.2. The van der Waals surface area contributed by atoms with E-state index in [2.05, 4.69) is 16.0 Å². The fourth-order valence-electron chi connectivity index (χ4n) is 4.83. The number of hydrogen-bond acceptors (Lipinski definition) is 6. The topological polar surface area (TPSA) is 123 Å². The van der Waals surface area contributed by atoms with Crippen molar-refractivity contribution < 1.29 is 19.1 Å². The van der Waals surface area contributed by atoms with Crippen LogP contribution in [0.25, 0.3) is 11.8 Å². The number of benzene rings is 4. The summed E-state index contributed by atoms with van der Waals surface area (Å²) in [6.45, 7) is 4.20. The molecule has 0 unspecified atom stereocenters. The highest BCUT2D eigenvalue weighted by Gasteiger charge is 2.19. The van der Waals surface area contributed by atoms with E-state index in [0.717, 1.165) is 4.90 Å². The van der Waals surface area contributed by atoms with Crippen LogP contribution < -0.4 is 26.2 Å². The molecule has 0 atom stereocenters. The van der Waals surface area contributed by atoms with E-state index in [0.29, 0.717) is 40.6 Å². The Morgan fingerprint density at radius 1 is 0.854 bits per heavy atom. The number of amides is 3. The van der Waals surface area contributed by atoms with Crippen molar-refractivity contribution in [3.05, 3.63) is 142 Å². The Balaban J connectivity index is 1.27. The maximum absolute atomic E-state index is 13.5. The maximum Gasteiger partial charge on any atom is 0.295 e. The van der Waals surface area contributed by atoms with Crippen LogP contribution in [0.4, 0.5) is 11.4 Å². The molecule has 0 bridgehead atoms. The second-order valence-corrected chi connectivity index (χ2v) is 11.7. The number of aromatic nitrogens is 2. The fraction of sp³-hybridized carbons (Fsp3) is 0.135. The molecule has 5 rings (SSSR count). The number of nitrogens with one attached hydrogen (secondary N) is 3. The summed E-state index contributed by atoms with van der Waals surface area (Å²) in [6, 6.07) is 32.0. The van der Waals surface area contributed by atoms with Gasteiger partial charge in [-0.15, -0.1) is 11.8 Å². The first-order valence-corrected chi connectivity index (χ1v) is 16.2. The molecule has 3 amide bonds. The predicted molar refractivity (Wildman–Crippen MR) is 190 cm³/mol. The van der Waals surface area contributed by atoms with Crippen LogP contribution in [-0.2, 0) is 16.6 Å². The highest BCUT2D eigenvalue weighted by Crippen LogP contribution is 2.23. The Bertz CT molecular complexity index is 2000. The lowest BCUT2D eigenvalue weighted by atomic mass is 10.1. The molecule has 0 fully saturated rings. The molecule has 0 saturated carbocycles. The fourth-order valence-corrected chi connectivity index (χ4v) is 5.59. The molecule has 1 heterocycles. The van der Waals surface area contributed by atoms with Crippen LogP contribution in [0.3, 0.4) is 0 Å².